The van der Waals surface area contributed by atoms with Crippen LogP contribution < -0.4 is 11.1 Å². The van der Waals surface area contributed by atoms with Gasteiger partial charge in [0.25, 0.3) is 0 Å². The summed E-state index contributed by atoms with van der Waals surface area (Å²) in [5.74, 6) is -1.09. The number of nitrogens with two attached hydrogens (primary N) is 1. The number of rotatable bonds is 4. The van der Waals surface area contributed by atoms with Crippen LogP contribution in [0.5, 0.6) is 0 Å². The van der Waals surface area contributed by atoms with Gasteiger partial charge < -0.3 is 11.1 Å². The van der Waals surface area contributed by atoms with Crippen LogP contribution in [0.25, 0.3) is 0 Å². The van der Waals surface area contributed by atoms with E-state index in [0.29, 0.717) is 24.2 Å². The fraction of sp³-hybridized carbons (Fsp3) is 0.143. The first-order valence-electron chi connectivity index (χ1n) is 5.79. The van der Waals surface area contributed by atoms with Crippen molar-refractivity contribution in [3.05, 3.63) is 58.1 Å². The molecule has 0 fully saturated rings. The van der Waals surface area contributed by atoms with E-state index in [0.717, 1.165) is 16.2 Å². The van der Waals surface area contributed by atoms with Crippen LogP contribution in [0.4, 0.5) is 20.2 Å². The molecule has 2 aromatic carbocycles. The molecule has 0 bridgehead atoms. The maximum absolute atomic E-state index is 13.4. The Labute approximate surface area is 118 Å². The molecule has 0 saturated carbocycles. The van der Waals surface area contributed by atoms with Gasteiger partial charge in [0.1, 0.15) is 11.6 Å². The average Bonchev–Trinajstić information content (AvgIpc) is 2.34. The molecular formula is C14H13BrF2N2. The molecule has 0 aromatic heterocycles. The summed E-state index contributed by atoms with van der Waals surface area (Å²) in [6.07, 6.45) is 0.460. The third-order valence-electron chi connectivity index (χ3n) is 2.74. The van der Waals surface area contributed by atoms with E-state index in [1.807, 2.05) is 12.1 Å². The van der Waals surface area contributed by atoms with Gasteiger partial charge in [0.15, 0.2) is 0 Å². The van der Waals surface area contributed by atoms with Crippen molar-refractivity contribution in [3.8, 4) is 0 Å². The Hall–Kier alpha value is -1.62. The van der Waals surface area contributed by atoms with Gasteiger partial charge in [0.2, 0.25) is 0 Å². The Kier molecular flexibility index (Phi) is 4.37. The zero-order valence-corrected chi connectivity index (χ0v) is 11.7. The lowest BCUT2D eigenvalue weighted by Crippen LogP contribution is -2.08. The van der Waals surface area contributed by atoms with Crippen LogP contribution in [-0.2, 0) is 6.42 Å². The van der Waals surface area contributed by atoms with Gasteiger partial charge in [-0.3, -0.25) is 0 Å². The summed E-state index contributed by atoms with van der Waals surface area (Å²) in [6, 6.07) is 9.12. The lowest BCUT2D eigenvalue weighted by Gasteiger charge is -2.10. The summed E-state index contributed by atoms with van der Waals surface area (Å²) in [5, 5.41) is 3.12. The van der Waals surface area contributed by atoms with E-state index >= 15 is 0 Å². The molecule has 0 heterocycles. The quantitative estimate of drug-likeness (QED) is 0.834. The Morgan fingerprint density at radius 1 is 1.11 bits per heavy atom. The normalized spacial score (nSPS) is 10.5. The second-order valence-corrected chi connectivity index (χ2v) is 5.06. The van der Waals surface area contributed by atoms with Gasteiger partial charge in [-0.25, -0.2) is 8.78 Å². The minimum atomic E-state index is -0.564. The maximum atomic E-state index is 13.4. The summed E-state index contributed by atoms with van der Waals surface area (Å²) in [7, 11) is 0. The van der Waals surface area contributed by atoms with Crippen LogP contribution in [0.2, 0.25) is 0 Å². The third-order valence-corrected chi connectivity index (χ3v) is 3.23. The zero-order valence-electron chi connectivity index (χ0n) is 10.1. The molecular weight excluding hydrogens is 314 g/mol. The number of anilines is 2. The van der Waals surface area contributed by atoms with E-state index in [4.69, 9.17) is 5.73 Å². The first-order chi connectivity index (χ1) is 9.06. The standard InChI is InChI=1S/C14H13BrF2N2/c15-10-2-4-14(13(18)7-10)19-6-5-9-1-3-11(16)8-12(9)17/h1-4,7-8,19H,5-6,18H2. The number of hydrogen-bond acceptors (Lipinski definition) is 2. The molecule has 0 aliphatic heterocycles. The SMILES string of the molecule is Nc1cc(Br)ccc1NCCc1ccc(F)cc1F. The predicted octanol–water partition coefficient (Wildman–Crippen LogP) is 3.96. The summed E-state index contributed by atoms with van der Waals surface area (Å²) in [4.78, 5) is 0. The van der Waals surface area contributed by atoms with Crippen LogP contribution in [0.15, 0.2) is 40.9 Å². The molecule has 100 valence electrons. The molecule has 2 nitrogen and oxygen atoms in total. The van der Waals surface area contributed by atoms with Gasteiger partial charge in [-0.15, -0.1) is 0 Å². The maximum Gasteiger partial charge on any atom is 0.129 e. The summed E-state index contributed by atoms with van der Waals surface area (Å²) < 4.78 is 27.1. The highest BCUT2D eigenvalue weighted by Gasteiger charge is 2.04. The molecule has 0 aliphatic rings. The van der Waals surface area contributed by atoms with E-state index < -0.39 is 11.6 Å². The molecule has 0 saturated heterocycles. The van der Waals surface area contributed by atoms with Crippen molar-refractivity contribution < 1.29 is 8.78 Å². The van der Waals surface area contributed by atoms with Gasteiger partial charge >= 0.3 is 0 Å². The van der Waals surface area contributed by atoms with Crippen molar-refractivity contribution in [2.45, 2.75) is 6.42 Å². The monoisotopic (exact) mass is 326 g/mol. The third kappa shape index (κ3) is 3.67. The molecule has 0 aliphatic carbocycles. The number of benzene rings is 2. The van der Waals surface area contributed by atoms with Crippen LogP contribution in [0, 0.1) is 11.6 Å². The molecule has 2 rings (SSSR count). The molecule has 2 aromatic rings. The lowest BCUT2D eigenvalue weighted by molar-refractivity contribution is 0.572. The Balaban J connectivity index is 1.96. The van der Waals surface area contributed by atoms with Crippen molar-refractivity contribution in [1.82, 2.24) is 0 Å². The van der Waals surface area contributed by atoms with Gasteiger partial charge in [-0.2, -0.15) is 0 Å². The van der Waals surface area contributed by atoms with Gasteiger partial charge in [0.05, 0.1) is 11.4 Å². The largest absolute Gasteiger partial charge is 0.397 e. The number of nitrogens with one attached hydrogen (secondary N) is 1. The zero-order chi connectivity index (χ0) is 13.8. The van der Waals surface area contributed by atoms with Crippen molar-refractivity contribution in [1.29, 1.82) is 0 Å². The van der Waals surface area contributed by atoms with Crippen LogP contribution in [-0.4, -0.2) is 6.54 Å². The predicted molar refractivity (Wildman–Crippen MR) is 77.1 cm³/mol. The molecule has 3 N–H and O–H groups in total. The van der Waals surface area contributed by atoms with Gasteiger partial charge in [-0.1, -0.05) is 22.0 Å². The highest BCUT2D eigenvalue weighted by atomic mass is 79.9. The average molecular weight is 327 g/mol. The van der Waals surface area contributed by atoms with Crippen LogP contribution >= 0.6 is 15.9 Å². The molecule has 0 amide bonds. The van der Waals surface area contributed by atoms with Crippen molar-refractivity contribution in [3.63, 3.8) is 0 Å². The highest BCUT2D eigenvalue weighted by Crippen LogP contribution is 2.23. The molecule has 0 spiro atoms. The van der Waals surface area contributed by atoms with Gasteiger partial charge in [-0.05, 0) is 36.2 Å². The minimum Gasteiger partial charge on any atom is -0.397 e. The topological polar surface area (TPSA) is 38.0 Å². The summed E-state index contributed by atoms with van der Waals surface area (Å²) >= 11 is 3.32. The molecule has 0 unspecified atom stereocenters. The molecule has 0 atom stereocenters. The van der Waals surface area contributed by atoms with Gasteiger partial charge in [0, 0.05) is 17.1 Å². The fourth-order valence-corrected chi connectivity index (χ4v) is 2.13. The number of halogens is 3. The fourth-order valence-electron chi connectivity index (χ4n) is 1.75. The summed E-state index contributed by atoms with van der Waals surface area (Å²) in [5.41, 5.74) is 7.73. The van der Waals surface area contributed by atoms with Crippen LogP contribution in [0.1, 0.15) is 5.56 Å². The van der Waals surface area contributed by atoms with E-state index in [1.54, 1.807) is 6.07 Å². The van der Waals surface area contributed by atoms with Crippen molar-refractivity contribution in [2.24, 2.45) is 0 Å². The van der Waals surface area contributed by atoms with E-state index in [-0.39, 0.29) is 0 Å². The Morgan fingerprint density at radius 2 is 1.89 bits per heavy atom. The second kappa shape index (κ2) is 6.02. The smallest absolute Gasteiger partial charge is 0.129 e. The molecule has 0 radical (unpaired) electrons. The van der Waals surface area contributed by atoms with E-state index in [2.05, 4.69) is 21.2 Å². The van der Waals surface area contributed by atoms with Crippen molar-refractivity contribution >= 4 is 27.3 Å². The molecule has 19 heavy (non-hydrogen) atoms. The Morgan fingerprint density at radius 3 is 2.58 bits per heavy atom. The minimum absolute atomic E-state index is 0.460. The highest BCUT2D eigenvalue weighted by molar-refractivity contribution is 9.10. The number of nitrogen functional groups attached to an aromatic ring is 1. The van der Waals surface area contributed by atoms with E-state index in [1.165, 1.54) is 12.1 Å². The number of hydrogen-bond donors (Lipinski definition) is 2. The second-order valence-electron chi connectivity index (χ2n) is 4.14. The van der Waals surface area contributed by atoms with Crippen LogP contribution in [0.3, 0.4) is 0 Å². The lowest BCUT2D eigenvalue weighted by atomic mass is 10.1. The van der Waals surface area contributed by atoms with Crippen molar-refractivity contribution in [2.75, 3.05) is 17.6 Å². The van der Waals surface area contributed by atoms with E-state index in [9.17, 15) is 8.78 Å². The molecule has 5 heteroatoms. The summed E-state index contributed by atoms with van der Waals surface area (Å²) in [6.45, 7) is 0.522. The first kappa shape index (κ1) is 13.8. The first-order valence-corrected chi connectivity index (χ1v) is 6.58. The Bertz CT molecular complexity index is 536.